The lowest BCUT2D eigenvalue weighted by Crippen LogP contribution is -2.08. The summed E-state index contributed by atoms with van der Waals surface area (Å²) in [5.74, 6) is 0. The number of nitrogen functional groups attached to an aromatic ring is 1. The van der Waals surface area contributed by atoms with Crippen molar-refractivity contribution in [3.63, 3.8) is 0 Å². The van der Waals surface area contributed by atoms with Gasteiger partial charge in [-0.25, -0.2) is 0 Å². The third-order valence-electron chi connectivity index (χ3n) is 1.65. The molecule has 0 spiro atoms. The van der Waals surface area contributed by atoms with Crippen LogP contribution in [0.2, 0.25) is 0 Å². The Hall–Kier alpha value is -1.19. The normalized spacial score (nSPS) is 11.6. The zero-order valence-corrected chi connectivity index (χ0v) is 6.93. The molecule has 1 rings (SSSR count). The molecule has 1 nitrogen and oxygen atoms in total. The Labute approximate surface area is 74.4 Å². The van der Waals surface area contributed by atoms with Crippen LogP contribution in [0.3, 0.4) is 0 Å². The maximum atomic E-state index is 11.8. The molecule has 0 aliphatic heterocycles. The first-order chi connectivity index (χ1) is 5.97. The highest BCUT2D eigenvalue weighted by molar-refractivity contribution is 5.40. The molecule has 1 aromatic carbocycles. The van der Waals surface area contributed by atoms with E-state index in [1.54, 1.807) is 24.3 Å². The molecular weight excluding hydrogens is 179 g/mol. The van der Waals surface area contributed by atoms with Crippen molar-refractivity contribution in [1.29, 1.82) is 0 Å². The fraction of sp³-hybridized carbons (Fsp3) is 0.333. The lowest BCUT2D eigenvalue weighted by Gasteiger charge is -2.06. The van der Waals surface area contributed by atoms with Gasteiger partial charge < -0.3 is 5.73 Å². The number of hydrogen-bond donors (Lipinski definition) is 1. The molecular formula is C9H10F3N. The van der Waals surface area contributed by atoms with Gasteiger partial charge >= 0.3 is 6.18 Å². The second kappa shape index (κ2) is 3.68. The first-order valence-electron chi connectivity index (χ1n) is 3.88. The monoisotopic (exact) mass is 189 g/mol. The van der Waals surface area contributed by atoms with Gasteiger partial charge in [0.2, 0.25) is 0 Å². The Bertz CT molecular complexity index is 280. The summed E-state index contributed by atoms with van der Waals surface area (Å²) in [5, 5.41) is 0. The maximum absolute atomic E-state index is 11.8. The molecule has 0 saturated heterocycles. The van der Waals surface area contributed by atoms with Gasteiger partial charge in [0.05, 0.1) is 0 Å². The molecule has 0 aromatic heterocycles. The summed E-state index contributed by atoms with van der Waals surface area (Å²) >= 11 is 0. The van der Waals surface area contributed by atoms with Crippen LogP contribution in [0.25, 0.3) is 0 Å². The number of nitrogens with two attached hydrogens (primary N) is 1. The minimum absolute atomic E-state index is 0.00542. The standard InChI is InChI=1S/C9H10F3N/c10-9(11,12)5-4-7-2-1-3-8(13)6-7/h1-3,6H,4-5,13H2. The Balaban J connectivity index is 2.55. The van der Waals surface area contributed by atoms with Gasteiger partial charge in [0, 0.05) is 12.1 Å². The third kappa shape index (κ3) is 3.83. The maximum Gasteiger partial charge on any atom is 0.389 e. The SMILES string of the molecule is Nc1cccc(CCC(F)(F)F)c1. The molecule has 0 atom stereocenters. The lowest BCUT2D eigenvalue weighted by molar-refractivity contribution is -0.133. The van der Waals surface area contributed by atoms with Crippen LogP contribution in [0, 0.1) is 0 Å². The van der Waals surface area contributed by atoms with E-state index in [1.807, 2.05) is 0 Å². The molecule has 0 aliphatic carbocycles. The number of anilines is 1. The van der Waals surface area contributed by atoms with Crippen LogP contribution in [0.1, 0.15) is 12.0 Å². The van der Waals surface area contributed by atoms with Crippen molar-refractivity contribution in [2.75, 3.05) is 5.73 Å². The number of aryl methyl sites for hydroxylation is 1. The summed E-state index contributed by atoms with van der Waals surface area (Å²) in [7, 11) is 0. The number of halogens is 3. The molecule has 2 N–H and O–H groups in total. The lowest BCUT2D eigenvalue weighted by atomic mass is 10.1. The number of alkyl halides is 3. The Morgan fingerprint density at radius 3 is 2.46 bits per heavy atom. The summed E-state index contributed by atoms with van der Waals surface area (Å²) in [5.41, 5.74) is 6.54. The van der Waals surface area contributed by atoms with E-state index in [9.17, 15) is 13.2 Å². The summed E-state index contributed by atoms with van der Waals surface area (Å²) in [6, 6.07) is 6.51. The van der Waals surface area contributed by atoms with Gasteiger partial charge in [-0.3, -0.25) is 0 Å². The molecule has 1 aromatic rings. The number of hydrogen-bond acceptors (Lipinski definition) is 1. The summed E-state index contributed by atoms with van der Waals surface area (Å²) < 4.78 is 35.4. The molecule has 0 saturated carbocycles. The molecule has 0 aliphatic rings. The first-order valence-corrected chi connectivity index (χ1v) is 3.88. The van der Waals surface area contributed by atoms with E-state index < -0.39 is 12.6 Å². The Morgan fingerprint density at radius 1 is 1.23 bits per heavy atom. The summed E-state index contributed by atoms with van der Waals surface area (Å²) in [6.07, 6.45) is -4.89. The highest BCUT2D eigenvalue weighted by Gasteiger charge is 2.26. The molecule has 4 heteroatoms. The molecule has 0 unspecified atom stereocenters. The average molecular weight is 189 g/mol. The van der Waals surface area contributed by atoms with Crippen molar-refractivity contribution < 1.29 is 13.2 Å². The second-order valence-electron chi connectivity index (χ2n) is 2.86. The van der Waals surface area contributed by atoms with E-state index >= 15 is 0 Å². The number of rotatable bonds is 2. The van der Waals surface area contributed by atoms with E-state index in [0.717, 1.165) is 0 Å². The van der Waals surface area contributed by atoms with Gasteiger partial charge in [-0.05, 0) is 24.1 Å². The van der Waals surface area contributed by atoms with Crippen molar-refractivity contribution in [1.82, 2.24) is 0 Å². The summed E-state index contributed by atoms with van der Waals surface area (Å²) in [6.45, 7) is 0. The van der Waals surface area contributed by atoms with Gasteiger partial charge in [-0.1, -0.05) is 12.1 Å². The van der Waals surface area contributed by atoms with E-state index in [2.05, 4.69) is 0 Å². The fourth-order valence-corrected chi connectivity index (χ4v) is 1.03. The van der Waals surface area contributed by atoms with E-state index in [0.29, 0.717) is 11.3 Å². The van der Waals surface area contributed by atoms with Gasteiger partial charge in [-0.15, -0.1) is 0 Å². The minimum Gasteiger partial charge on any atom is -0.399 e. The Morgan fingerprint density at radius 2 is 1.92 bits per heavy atom. The van der Waals surface area contributed by atoms with Gasteiger partial charge in [0.1, 0.15) is 0 Å². The third-order valence-corrected chi connectivity index (χ3v) is 1.65. The van der Waals surface area contributed by atoms with Crippen molar-refractivity contribution in [3.8, 4) is 0 Å². The smallest absolute Gasteiger partial charge is 0.389 e. The molecule has 0 heterocycles. The number of benzene rings is 1. The van der Waals surface area contributed by atoms with Crippen LogP contribution in [0.15, 0.2) is 24.3 Å². The summed E-state index contributed by atoms with van der Waals surface area (Å²) in [4.78, 5) is 0. The first kappa shape index (κ1) is 9.89. The van der Waals surface area contributed by atoms with Gasteiger partial charge in [0.25, 0.3) is 0 Å². The molecule has 0 amide bonds. The predicted molar refractivity (Wildman–Crippen MR) is 45.2 cm³/mol. The molecule has 0 radical (unpaired) electrons. The molecule has 0 fully saturated rings. The minimum atomic E-state index is -4.09. The Kier molecular flexibility index (Phi) is 2.80. The van der Waals surface area contributed by atoms with Crippen LogP contribution in [-0.4, -0.2) is 6.18 Å². The van der Waals surface area contributed by atoms with Crippen LogP contribution < -0.4 is 5.73 Å². The topological polar surface area (TPSA) is 26.0 Å². The predicted octanol–water partition coefficient (Wildman–Crippen LogP) is 2.76. The van der Waals surface area contributed by atoms with Crippen molar-refractivity contribution in [3.05, 3.63) is 29.8 Å². The van der Waals surface area contributed by atoms with Crippen LogP contribution in [0.5, 0.6) is 0 Å². The zero-order valence-electron chi connectivity index (χ0n) is 6.93. The largest absolute Gasteiger partial charge is 0.399 e. The molecule has 13 heavy (non-hydrogen) atoms. The van der Waals surface area contributed by atoms with Crippen molar-refractivity contribution in [2.24, 2.45) is 0 Å². The van der Waals surface area contributed by atoms with Crippen molar-refractivity contribution in [2.45, 2.75) is 19.0 Å². The van der Waals surface area contributed by atoms with E-state index in [1.165, 1.54) is 0 Å². The molecule has 0 bridgehead atoms. The fourth-order valence-electron chi connectivity index (χ4n) is 1.03. The van der Waals surface area contributed by atoms with Gasteiger partial charge in [-0.2, -0.15) is 13.2 Å². The highest BCUT2D eigenvalue weighted by Crippen LogP contribution is 2.22. The van der Waals surface area contributed by atoms with Gasteiger partial charge in [0.15, 0.2) is 0 Å². The zero-order chi connectivity index (χ0) is 9.90. The van der Waals surface area contributed by atoms with Crippen molar-refractivity contribution >= 4 is 5.69 Å². The second-order valence-corrected chi connectivity index (χ2v) is 2.86. The van der Waals surface area contributed by atoms with Crippen LogP contribution in [0.4, 0.5) is 18.9 Å². The average Bonchev–Trinajstić information content (AvgIpc) is 2.00. The quantitative estimate of drug-likeness (QED) is 0.711. The van der Waals surface area contributed by atoms with Crippen LogP contribution >= 0.6 is 0 Å². The van der Waals surface area contributed by atoms with E-state index in [-0.39, 0.29) is 6.42 Å². The highest BCUT2D eigenvalue weighted by atomic mass is 19.4. The van der Waals surface area contributed by atoms with Crippen LogP contribution in [-0.2, 0) is 6.42 Å². The van der Waals surface area contributed by atoms with E-state index in [4.69, 9.17) is 5.73 Å². The molecule has 72 valence electrons.